The summed E-state index contributed by atoms with van der Waals surface area (Å²) in [7, 11) is 0. The van der Waals surface area contributed by atoms with Gasteiger partial charge in [0.05, 0.1) is 0 Å². The van der Waals surface area contributed by atoms with E-state index in [9.17, 15) is 9.59 Å². The van der Waals surface area contributed by atoms with Crippen molar-refractivity contribution in [2.75, 3.05) is 6.54 Å². The normalized spacial score (nSPS) is 10.9. The van der Waals surface area contributed by atoms with E-state index in [4.69, 9.17) is 0 Å². The smallest absolute Gasteiger partial charge is 0.283 e. The van der Waals surface area contributed by atoms with Crippen molar-refractivity contribution < 1.29 is 14.2 Å². The third kappa shape index (κ3) is 2.74. The van der Waals surface area contributed by atoms with Gasteiger partial charge in [-0.2, -0.15) is 4.79 Å². The fourth-order valence-electron chi connectivity index (χ4n) is 0.586. The molecule has 0 aliphatic rings. The standard InChI is InChI=1S/C8H9NO2/c1-3-5-9(7-11)8(4-2)6-10/h3-4,8H,1-2,5H2/q+1. The maximum absolute atomic E-state index is 10.2. The summed E-state index contributed by atoms with van der Waals surface area (Å²) in [5, 5.41) is 0. The summed E-state index contributed by atoms with van der Waals surface area (Å²) in [6.45, 7) is 7.05. The van der Waals surface area contributed by atoms with Gasteiger partial charge in [0.2, 0.25) is 6.04 Å². The third-order valence-electron chi connectivity index (χ3n) is 1.12. The molecule has 0 rings (SSSR count). The van der Waals surface area contributed by atoms with Gasteiger partial charge in [0.25, 0.3) is 6.29 Å². The number of hydrogen-bond donors (Lipinski definition) is 0. The van der Waals surface area contributed by atoms with Crippen LogP contribution in [0.3, 0.4) is 0 Å². The van der Waals surface area contributed by atoms with Crippen LogP contribution in [0.4, 0.5) is 0 Å². The lowest BCUT2D eigenvalue weighted by Gasteiger charge is -1.95. The van der Waals surface area contributed by atoms with Crippen molar-refractivity contribution in [1.82, 2.24) is 0 Å². The summed E-state index contributed by atoms with van der Waals surface area (Å²) >= 11 is 0. The van der Waals surface area contributed by atoms with Crippen LogP contribution in [0, 0.1) is 0 Å². The molecular formula is C8H9NO2+. The zero-order valence-electron chi connectivity index (χ0n) is 6.12. The van der Waals surface area contributed by atoms with Crippen LogP contribution in [-0.2, 0) is 9.59 Å². The van der Waals surface area contributed by atoms with E-state index in [1.165, 1.54) is 12.2 Å². The zero-order valence-corrected chi connectivity index (χ0v) is 6.12. The molecule has 3 nitrogen and oxygen atoms in total. The van der Waals surface area contributed by atoms with Gasteiger partial charge in [0.15, 0.2) is 6.54 Å². The second-order valence-corrected chi connectivity index (χ2v) is 1.83. The highest BCUT2D eigenvalue weighted by molar-refractivity contribution is 5.60. The van der Waals surface area contributed by atoms with E-state index >= 15 is 0 Å². The Morgan fingerprint density at radius 3 is 2.36 bits per heavy atom. The van der Waals surface area contributed by atoms with Gasteiger partial charge in [-0.3, -0.25) is 4.79 Å². The van der Waals surface area contributed by atoms with Crippen molar-refractivity contribution >= 4 is 12.4 Å². The summed E-state index contributed by atoms with van der Waals surface area (Å²) < 4.78 is 1.12. The molecule has 0 amide bonds. The second-order valence-electron chi connectivity index (χ2n) is 1.83. The Balaban J connectivity index is 4.46. The topological polar surface area (TPSA) is 37.1 Å². The highest BCUT2D eigenvalue weighted by Crippen LogP contribution is 1.87. The highest BCUT2D eigenvalue weighted by atomic mass is 16.1. The van der Waals surface area contributed by atoms with E-state index in [2.05, 4.69) is 13.2 Å². The Labute approximate surface area is 65.3 Å². The monoisotopic (exact) mass is 151 g/mol. The van der Waals surface area contributed by atoms with Crippen molar-refractivity contribution in [1.29, 1.82) is 0 Å². The average molecular weight is 151 g/mol. The average Bonchev–Trinajstić information content (AvgIpc) is 2.05. The Morgan fingerprint density at radius 1 is 1.45 bits per heavy atom. The molecule has 0 aromatic carbocycles. The van der Waals surface area contributed by atoms with Crippen molar-refractivity contribution in [2.24, 2.45) is 0 Å². The molecule has 0 bridgehead atoms. The Morgan fingerprint density at radius 2 is 2.09 bits per heavy atom. The van der Waals surface area contributed by atoms with Crippen molar-refractivity contribution in [2.45, 2.75) is 6.04 Å². The molecule has 1 atom stereocenters. The first-order chi connectivity index (χ1) is 5.29. The molecule has 0 heterocycles. The van der Waals surface area contributed by atoms with E-state index < -0.39 is 6.04 Å². The molecule has 0 N–H and O–H groups in total. The molecule has 0 aromatic rings. The molecule has 57 valence electrons. The van der Waals surface area contributed by atoms with Gasteiger partial charge in [0, 0.05) is 0 Å². The van der Waals surface area contributed by atoms with Gasteiger partial charge in [0.1, 0.15) is 0 Å². The first kappa shape index (κ1) is 9.53. The van der Waals surface area contributed by atoms with Gasteiger partial charge in [-0.25, -0.2) is 0 Å². The molecule has 1 radical (unpaired) electrons. The predicted octanol–water partition coefficient (Wildman–Crippen LogP) is 0.185. The summed E-state index contributed by atoms with van der Waals surface area (Å²) in [5.41, 5.74) is 0. The molecular weight excluding hydrogens is 142 g/mol. The Bertz CT molecular complexity index is 206. The molecule has 0 fully saturated rings. The van der Waals surface area contributed by atoms with Crippen LogP contribution in [0.5, 0.6) is 0 Å². The van der Waals surface area contributed by atoms with E-state index in [1.807, 2.05) is 0 Å². The Hall–Kier alpha value is -1.47. The lowest BCUT2D eigenvalue weighted by atomic mass is 10.3. The number of carbonyl (C=O) groups excluding carboxylic acids is 2. The molecule has 0 aliphatic heterocycles. The van der Waals surface area contributed by atoms with Crippen LogP contribution in [0.15, 0.2) is 25.3 Å². The number of isocyanates is 1. The fraction of sp³-hybridized carbons (Fsp3) is 0.250. The minimum atomic E-state index is -0.717. The molecule has 1 unspecified atom stereocenters. The second kappa shape index (κ2) is 5.33. The van der Waals surface area contributed by atoms with Crippen LogP contribution < -0.4 is 0 Å². The molecule has 11 heavy (non-hydrogen) atoms. The summed E-state index contributed by atoms with van der Waals surface area (Å²) in [5.74, 6) is 0. The maximum atomic E-state index is 10.2. The zero-order chi connectivity index (χ0) is 8.69. The molecule has 0 saturated heterocycles. The van der Waals surface area contributed by atoms with Crippen molar-refractivity contribution in [3.05, 3.63) is 25.3 Å². The van der Waals surface area contributed by atoms with Crippen LogP contribution in [0.25, 0.3) is 0 Å². The van der Waals surface area contributed by atoms with Crippen molar-refractivity contribution in [3.8, 4) is 0 Å². The van der Waals surface area contributed by atoms with Gasteiger partial charge in [-0.1, -0.05) is 13.2 Å². The molecule has 0 aromatic heterocycles. The molecule has 0 spiro atoms. The van der Waals surface area contributed by atoms with Crippen LogP contribution in [0.2, 0.25) is 0 Å². The SMILES string of the molecule is C=CC[N+](=C=O)C([C]=O)C=C. The first-order valence-corrected chi connectivity index (χ1v) is 3.05. The molecule has 3 heteroatoms. The summed E-state index contributed by atoms with van der Waals surface area (Å²) in [6.07, 6.45) is 6.04. The lowest BCUT2D eigenvalue weighted by Crippen LogP contribution is -2.25. The minimum absolute atomic E-state index is 0.273. The van der Waals surface area contributed by atoms with E-state index in [0.29, 0.717) is 0 Å². The maximum Gasteiger partial charge on any atom is 0.425 e. The number of hydrogen-bond acceptors (Lipinski definition) is 2. The Kier molecular flexibility index (Phi) is 4.61. The van der Waals surface area contributed by atoms with Gasteiger partial charge in [-0.15, -0.1) is 4.58 Å². The lowest BCUT2D eigenvalue weighted by molar-refractivity contribution is -0.524. The minimum Gasteiger partial charge on any atom is -0.283 e. The van der Waals surface area contributed by atoms with Gasteiger partial charge in [-0.05, 0) is 12.2 Å². The van der Waals surface area contributed by atoms with Gasteiger partial charge < -0.3 is 0 Å². The summed E-state index contributed by atoms with van der Waals surface area (Å²) in [4.78, 5) is 20.3. The molecule has 0 saturated carbocycles. The van der Waals surface area contributed by atoms with E-state index in [-0.39, 0.29) is 6.54 Å². The van der Waals surface area contributed by atoms with Crippen LogP contribution in [0.1, 0.15) is 0 Å². The van der Waals surface area contributed by atoms with Crippen molar-refractivity contribution in [3.63, 3.8) is 0 Å². The predicted molar refractivity (Wildman–Crippen MR) is 40.7 cm³/mol. The third-order valence-corrected chi connectivity index (χ3v) is 1.12. The van der Waals surface area contributed by atoms with Gasteiger partial charge >= 0.3 is 6.08 Å². The summed E-state index contributed by atoms with van der Waals surface area (Å²) in [6, 6.07) is -0.717. The molecule has 0 aliphatic carbocycles. The van der Waals surface area contributed by atoms with E-state index in [0.717, 1.165) is 4.58 Å². The quantitative estimate of drug-likeness (QED) is 0.243. The van der Waals surface area contributed by atoms with E-state index in [1.54, 1.807) is 12.4 Å². The number of rotatable bonds is 5. The van der Waals surface area contributed by atoms with Crippen LogP contribution >= 0.6 is 0 Å². The number of nitrogens with zero attached hydrogens (tertiary/aromatic N) is 1. The first-order valence-electron chi connectivity index (χ1n) is 3.05. The highest BCUT2D eigenvalue weighted by Gasteiger charge is 2.15. The fourth-order valence-corrected chi connectivity index (χ4v) is 0.586. The van der Waals surface area contributed by atoms with Crippen LogP contribution in [-0.4, -0.2) is 29.5 Å². The largest absolute Gasteiger partial charge is 0.425 e.